The minimum atomic E-state index is -5.53. The van der Waals surface area contributed by atoms with Crippen molar-refractivity contribution in [3.63, 3.8) is 0 Å². The van der Waals surface area contributed by atoms with Crippen LogP contribution in [0.1, 0.15) is 0 Å². The molecule has 124 valence electrons. The zero-order valence-corrected chi connectivity index (χ0v) is 11.7. The number of phosphoric acid groups is 2. The topological polar surface area (TPSA) is 228 Å². The minimum absolute atomic E-state index is 0.381. The molecule has 0 radical (unpaired) electrons. The van der Waals surface area contributed by atoms with Crippen LogP contribution in [0.3, 0.4) is 0 Å². The number of aldehydes is 1. The van der Waals surface area contributed by atoms with Gasteiger partial charge < -0.3 is 39.9 Å². The van der Waals surface area contributed by atoms with Gasteiger partial charge in [-0.1, -0.05) is 0 Å². The van der Waals surface area contributed by atoms with Crippen LogP contribution in [0, 0.1) is 0 Å². The van der Waals surface area contributed by atoms with E-state index in [2.05, 4.69) is 8.83 Å². The maximum Gasteiger partial charge on any atom is 0.481 e. The van der Waals surface area contributed by atoms with E-state index in [1.54, 1.807) is 0 Å². The van der Waals surface area contributed by atoms with E-state index in [4.69, 9.17) is 24.9 Å². The van der Waals surface area contributed by atoms with Gasteiger partial charge in [-0.05, 0) is 0 Å². The second-order valence-electron chi connectivity index (χ2n) is 3.51. The summed E-state index contributed by atoms with van der Waals surface area (Å²) in [5, 5.41) is 35.8. The lowest BCUT2D eigenvalue weighted by Gasteiger charge is -2.25. The van der Waals surface area contributed by atoms with Crippen molar-refractivity contribution < 1.29 is 62.7 Å². The molecule has 0 rings (SSSR count). The Morgan fingerprint density at radius 2 is 1.52 bits per heavy atom. The lowest BCUT2D eigenvalue weighted by molar-refractivity contribution is -0.163. The highest BCUT2D eigenvalue weighted by atomic mass is 31.3. The number of carbonyl (C=O) groups is 2. The molecule has 0 aromatic rings. The summed E-state index contributed by atoms with van der Waals surface area (Å²) < 4.78 is 28.7. The van der Waals surface area contributed by atoms with Crippen molar-refractivity contribution in [2.75, 3.05) is 0 Å². The fraction of sp³-hybridized carbons (Fsp3) is 0.667. The van der Waals surface area contributed by atoms with Crippen LogP contribution in [-0.4, -0.2) is 71.8 Å². The molecule has 13 nitrogen and oxygen atoms in total. The van der Waals surface area contributed by atoms with Crippen LogP contribution in [0.4, 0.5) is 0 Å². The molecule has 0 fully saturated rings. The Morgan fingerprint density at radius 1 is 1.05 bits per heavy atom. The van der Waals surface area contributed by atoms with Gasteiger partial charge in [0.25, 0.3) is 0 Å². The Hall–Kier alpha value is -0.720. The molecule has 0 heterocycles. The minimum Gasteiger partial charge on any atom is -0.479 e. The third-order valence-electron chi connectivity index (χ3n) is 1.86. The molecule has 7 N–H and O–H groups in total. The lowest BCUT2D eigenvalue weighted by atomic mass is 10.0. The maximum absolute atomic E-state index is 11.1. The van der Waals surface area contributed by atoms with Crippen LogP contribution in [0.5, 0.6) is 0 Å². The van der Waals surface area contributed by atoms with Crippen molar-refractivity contribution in [1.82, 2.24) is 0 Å². The molecule has 0 aliphatic rings. The van der Waals surface area contributed by atoms with Gasteiger partial charge in [-0.15, -0.1) is 0 Å². The first kappa shape index (κ1) is 20.3. The zero-order chi connectivity index (χ0) is 17.0. The van der Waals surface area contributed by atoms with Gasteiger partial charge in [-0.2, -0.15) is 4.31 Å². The largest absolute Gasteiger partial charge is 0.481 e. The Kier molecular flexibility index (Phi) is 7.26. The highest BCUT2D eigenvalue weighted by molar-refractivity contribution is 7.60. The van der Waals surface area contributed by atoms with Crippen molar-refractivity contribution >= 4 is 27.9 Å². The molecule has 15 heteroatoms. The average Bonchev–Trinajstić information content (AvgIpc) is 2.30. The number of carbonyl (C=O) groups excluding carboxylic acids is 1. The van der Waals surface area contributed by atoms with Gasteiger partial charge in [0.2, 0.25) is 0 Å². The molecule has 21 heavy (non-hydrogen) atoms. The fourth-order valence-corrected chi connectivity index (χ4v) is 2.71. The summed E-state index contributed by atoms with van der Waals surface area (Å²) in [6.07, 6.45) is -10.4. The third kappa shape index (κ3) is 7.20. The molecule has 0 spiro atoms. The number of carboxylic acid groups (broad SMARTS) is 1. The van der Waals surface area contributed by atoms with Crippen molar-refractivity contribution in [2.24, 2.45) is 0 Å². The zero-order valence-electron chi connectivity index (χ0n) is 9.86. The predicted octanol–water partition coefficient (Wildman–Crippen LogP) is -3.05. The van der Waals surface area contributed by atoms with Crippen molar-refractivity contribution in [1.29, 1.82) is 0 Å². The molecular formula is C6H12O13P2. The van der Waals surface area contributed by atoms with Gasteiger partial charge in [-0.3, -0.25) is 4.52 Å². The van der Waals surface area contributed by atoms with Gasteiger partial charge in [0.15, 0.2) is 18.5 Å². The van der Waals surface area contributed by atoms with Crippen LogP contribution >= 0.6 is 15.6 Å². The quantitative estimate of drug-likeness (QED) is 0.161. The van der Waals surface area contributed by atoms with Gasteiger partial charge in [-0.25, -0.2) is 13.9 Å². The Labute approximate surface area is 116 Å². The van der Waals surface area contributed by atoms with E-state index in [9.17, 15) is 28.9 Å². The first-order valence-corrected chi connectivity index (χ1v) is 7.83. The molecule has 0 aliphatic carbocycles. The van der Waals surface area contributed by atoms with Crippen LogP contribution in [-0.2, 0) is 27.6 Å². The Balaban J connectivity index is 5.01. The van der Waals surface area contributed by atoms with E-state index in [0.717, 1.165) is 0 Å². The van der Waals surface area contributed by atoms with E-state index in [-0.39, 0.29) is 6.29 Å². The molecular weight excluding hydrogens is 342 g/mol. The number of hydrogen-bond donors (Lipinski definition) is 7. The first-order valence-electron chi connectivity index (χ1n) is 4.81. The molecule has 0 saturated carbocycles. The molecule has 0 aliphatic heterocycles. The highest BCUT2D eigenvalue weighted by Gasteiger charge is 2.41. The molecule has 0 bridgehead atoms. The Morgan fingerprint density at radius 3 is 1.86 bits per heavy atom. The van der Waals surface area contributed by atoms with Crippen LogP contribution in [0.2, 0.25) is 0 Å². The highest BCUT2D eigenvalue weighted by Crippen LogP contribution is 2.58. The summed E-state index contributed by atoms with van der Waals surface area (Å²) >= 11 is 0. The van der Waals surface area contributed by atoms with Crippen molar-refractivity contribution in [3.8, 4) is 0 Å². The lowest BCUT2D eigenvalue weighted by Crippen LogP contribution is -2.48. The normalized spacial score (nSPS) is 20.9. The van der Waals surface area contributed by atoms with Crippen molar-refractivity contribution in [2.45, 2.75) is 24.4 Å². The summed E-state index contributed by atoms with van der Waals surface area (Å²) in [5.74, 6) is -1.98. The van der Waals surface area contributed by atoms with Crippen molar-refractivity contribution in [3.05, 3.63) is 0 Å². The smallest absolute Gasteiger partial charge is 0.479 e. The monoisotopic (exact) mass is 354 g/mol. The fourth-order valence-electron chi connectivity index (χ4n) is 1.00. The van der Waals surface area contributed by atoms with Crippen LogP contribution in [0.25, 0.3) is 0 Å². The summed E-state index contributed by atoms with van der Waals surface area (Å²) in [6.45, 7) is 0. The maximum atomic E-state index is 11.1. The Bertz CT molecular complexity index is 469. The summed E-state index contributed by atoms with van der Waals surface area (Å²) in [6, 6.07) is 0. The van der Waals surface area contributed by atoms with Gasteiger partial charge >= 0.3 is 21.6 Å². The number of rotatable bonds is 9. The van der Waals surface area contributed by atoms with E-state index in [1.165, 1.54) is 0 Å². The molecule has 0 aromatic carbocycles. The summed E-state index contributed by atoms with van der Waals surface area (Å²) in [5.41, 5.74) is 0. The van der Waals surface area contributed by atoms with Gasteiger partial charge in [0.05, 0.1) is 0 Å². The predicted molar refractivity (Wildman–Crippen MR) is 59.5 cm³/mol. The number of carboxylic acids is 1. The van der Waals surface area contributed by atoms with E-state index in [1.807, 2.05) is 0 Å². The second kappa shape index (κ2) is 7.51. The molecule has 0 aromatic heterocycles. The molecule has 0 amide bonds. The van der Waals surface area contributed by atoms with E-state index >= 15 is 0 Å². The SMILES string of the molecule is O=C[C@H](OP(=O)(O)OP(=O)(O)O)[C@@H](O)[C@@H](O)[C@H](O)C(=O)O. The molecule has 5 atom stereocenters. The number of phosphoric ester groups is 1. The molecule has 0 saturated heterocycles. The molecule has 1 unspecified atom stereocenters. The number of aliphatic hydroxyl groups excluding tert-OH is 3. The first-order chi connectivity index (χ1) is 9.30. The summed E-state index contributed by atoms with van der Waals surface area (Å²) in [4.78, 5) is 46.5. The van der Waals surface area contributed by atoms with Crippen LogP contribution < -0.4 is 0 Å². The standard InChI is InChI=1S/C6H12O13P2/c7-1-2(3(8)4(9)5(10)6(11)12)18-21(16,17)19-20(13,14)15/h1-5,8-10H,(H,11,12)(H,16,17)(H2,13,14,15)/t2-,3+,4+,5-/m0/s1. The number of aliphatic hydroxyl groups is 3. The number of aliphatic carboxylic acids is 1. The van der Waals surface area contributed by atoms with E-state index < -0.39 is 46.0 Å². The third-order valence-corrected chi connectivity index (χ3v) is 4.05. The average molecular weight is 354 g/mol. The van der Waals surface area contributed by atoms with Crippen LogP contribution in [0.15, 0.2) is 0 Å². The van der Waals surface area contributed by atoms with E-state index in [0.29, 0.717) is 0 Å². The summed E-state index contributed by atoms with van der Waals surface area (Å²) in [7, 11) is -11.0. The second-order valence-corrected chi connectivity index (χ2v) is 6.29. The number of hydrogen-bond acceptors (Lipinski definition) is 9. The van der Waals surface area contributed by atoms with Gasteiger partial charge in [0.1, 0.15) is 12.2 Å². The van der Waals surface area contributed by atoms with Gasteiger partial charge in [0, 0.05) is 0 Å².